The van der Waals surface area contributed by atoms with Crippen molar-refractivity contribution >= 4 is 11.3 Å². The summed E-state index contributed by atoms with van der Waals surface area (Å²) in [6, 6.07) is 13.6. The van der Waals surface area contributed by atoms with E-state index in [0.717, 1.165) is 17.8 Å². The van der Waals surface area contributed by atoms with Crippen LogP contribution in [0.3, 0.4) is 0 Å². The lowest BCUT2D eigenvalue weighted by Gasteiger charge is -2.07. The Bertz CT molecular complexity index is 1320. The summed E-state index contributed by atoms with van der Waals surface area (Å²) < 4.78 is 28.9. The normalized spacial score (nSPS) is 10.8. The number of nitrogens with one attached hydrogen (secondary N) is 2. The van der Waals surface area contributed by atoms with Crippen molar-refractivity contribution in [1.82, 2.24) is 14.6 Å². The van der Waals surface area contributed by atoms with Crippen LogP contribution in [0.1, 0.15) is 17.0 Å². The molecule has 144 valence electrons. The van der Waals surface area contributed by atoms with Crippen LogP contribution < -0.4 is 10.9 Å². The quantitative estimate of drug-likeness (QED) is 0.555. The fourth-order valence-electron chi connectivity index (χ4n) is 3.16. The fraction of sp³-hybridized carbons (Fsp3) is 0.0952. The van der Waals surface area contributed by atoms with E-state index in [1.165, 1.54) is 16.6 Å². The molecule has 6 nitrogen and oxygen atoms in total. The Labute approximate surface area is 164 Å². The first kappa shape index (κ1) is 18.4. The van der Waals surface area contributed by atoms with Crippen LogP contribution in [0.25, 0.3) is 16.8 Å². The minimum Gasteiger partial charge on any atom is -0.379 e. The molecule has 0 fully saturated rings. The molecule has 0 aliphatic rings. The highest BCUT2D eigenvalue weighted by Crippen LogP contribution is 2.29. The number of hydrogen-bond donors (Lipinski definition) is 2. The molecule has 0 spiro atoms. The van der Waals surface area contributed by atoms with E-state index in [-0.39, 0.29) is 23.3 Å². The van der Waals surface area contributed by atoms with Crippen LogP contribution in [0.5, 0.6) is 0 Å². The number of aromatic amines is 1. The molecule has 0 amide bonds. The SMILES string of the molecule is Cc1[nH]n2c(=O)cc(CNc3ccc(C#N)cc3)nc2c1-c1ccc(F)cc1F. The number of benzene rings is 2. The van der Waals surface area contributed by atoms with Crippen molar-refractivity contribution in [2.24, 2.45) is 0 Å². The van der Waals surface area contributed by atoms with Gasteiger partial charge in [-0.1, -0.05) is 0 Å². The second kappa shape index (κ2) is 7.20. The van der Waals surface area contributed by atoms with Gasteiger partial charge in [0.05, 0.1) is 23.9 Å². The molecule has 2 N–H and O–H groups in total. The average molecular weight is 391 g/mol. The van der Waals surface area contributed by atoms with Crippen LogP contribution in [0.15, 0.2) is 53.3 Å². The van der Waals surface area contributed by atoms with Crippen LogP contribution in [0.2, 0.25) is 0 Å². The molecule has 2 heterocycles. The summed E-state index contributed by atoms with van der Waals surface area (Å²) >= 11 is 0. The van der Waals surface area contributed by atoms with Crippen LogP contribution in [0, 0.1) is 29.9 Å². The van der Waals surface area contributed by atoms with Gasteiger partial charge >= 0.3 is 0 Å². The van der Waals surface area contributed by atoms with Gasteiger partial charge in [-0.3, -0.25) is 9.89 Å². The molecule has 4 aromatic rings. The molecule has 29 heavy (non-hydrogen) atoms. The van der Waals surface area contributed by atoms with Gasteiger partial charge in [0.1, 0.15) is 11.6 Å². The van der Waals surface area contributed by atoms with Gasteiger partial charge in [0.25, 0.3) is 5.56 Å². The van der Waals surface area contributed by atoms with Crippen molar-refractivity contribution in [3.8, 4) is 17.2 Å². The summed E-state index contributed by atoms with van der Waals surface area (Å²) in [5.74, 6) is -1.41. The number of rotatable bonds is 4. The number of aromatic nitrogens is 3. The van der Waals surface area contributed by atoms with Gasteiger partial charge in [-0.15, -0.1) is 0 Å². The summed E-state index contributed by atoms with van der Waals surface area (Å²) in [7, 11) is 0. The standard InChI is InChI=1S/C21H15F2N5O/c1-12-20(17-7-4-14(22)8-18(17)23)21-26-16(9-19(29)28(21)27-12)11-25-15-5-2-13(10-24)3-6-15/h2-9,25,27H,11H2,1H3. The topological polar surface area (TPSA) is 86.0 Å². The zero-order valence-electron chi connectivity index (χ0n) is 15.3. The van der Waals surface area contributed by atoms with E-state index in [9.17, 15) is 13.6 Å². The first-order valence-electron chi connectivity index (χ1n) is 8.77. The van der Waals surface area contributed by atoms with Gasteiger partial charge in [0, 0.05) is 34.6 Å². The Morgan fingerprint density at radius 1 is 1.17 bits per heavy atom. The molecule has 0 aliphatic carbocycles. The molecule has 0 radical (unpaired) electrons. The number of fused-ring (bicyclic) bond motifs is 1. The molecule has 0 atom stereocenters. The number of aryl methyl sites for hydroxylation is 1. The lowest BCUT2D eigenvalue weighted by Crippen LogP contribution is -2.17. The second-order valence-electron chi connectivity index (χ2n) is 6.52. The number of halogens is 2. The highest BCUT2D eigenvalue weighted by molar-refractivity contribution is 5.80. The Morgan fingerprint density at radius 2 is 1.93 bits per heavy atom. The molecule has 0 aliphatic heterocycles. The molecule has 2 aromatic heterocycles. The minimum absolute atomic E-state index is 0.159. The van der Waals surface area contributed by atoms with E-state index in [2.05, 4.69) is 15.4 Å². The van der Waals surface area contributed by atoms with Gasteiger partial charge in [-0.05, 0) is 43.3 Å². The molecule has 2 aromatic carbocycles. The third-order valence-electron chi connectivity index (χ3n) is 4.54. The summed E-state index contributed by atoms with van der Waals surface area (Å²) in [4.78, 5) is 17.0. The summed E-state index contributed by atoms with van der Waals surface area (Å²) in [5, 5.41) is 14.9. The highest BCUT2D eigenvalue weighted by atomic mass is 19.1. The second-order valence-corrected chi connectivity index (χ2v) is 6.52. The molecule has 4 rings (SSSR count). The van der Waals surface area contributed by atoms with E-state index in [0.29, 0.717) is 22.5 Å². The van der Waals surface area contributed by atoms with Crippen molar-refractivity contribution < 1.29 is 8.78 Å². The maximum absolute atomic E-state index is 14.3. The maximum atomic E-state index is 14.3. The molecule has 0 saturated carbocycles. The predicted octanol–water partition coefficient (Wildman–Crippen LogP) is 3.76. The van der Waals surface area contributed by atoms with Crippen molar-refractivity contribution in [2.75, 3.05) is 5.32 Å². The zero-order valence-corrected chi connectivity index (χ0v) is 15.3. The van der Waals surface area contributed by atoms with Crippen LogP contribution >= 0.6 is 0 Å². The third-order valence-corrected chi connectivity index (χ3v) is 4.54. The van der Waals surface area contributed by atoms with Crippen LogP contribution in [-0.2, 0) is 6.54 Å². The molecule has 0 unspecified atom stereocenters. The van der Waals surface area contributed by atoms with Crippen molar-refractivity contribution in [3.05, 3.63) is 87.5 Å². The van der Waals surface area contributed by atoms with Crippen LogP contribution in [-0.4, -0.2) is 14.6 Å². The fourth-order valence-corrected chi connectivity index (χ4v) is 3.16. The van der Waals surface area contributed by atoms with E-state index in [4.69, 9.17) is 5.26 Å². The summed E-state index contributed by atoms with van der Waals surface area (Å²) in [6.07, 6.45) is 0. The minimum atomic E-state index is -0.732. The average Bonchev–Trinajstić information content (AvgIpc) is 3.03. The van der Waals surface area contributed by atoms with E-state index < -0.39 is 11.6 Å². The highest BCUT2D eigenvalue weighted by Gasteiger charge is 2.18. The maximum Gasteiger partial charge on any atom is 0.272 e. The largest absolute Gasteiger partial charge is 0.379 e. The van der Waals surface area contributed by atoms with Gasteiger partial charge in [0.15, 0.2) is 5.65 Å². The monoisotopic (exact) mass is 391 g/mol. The number of nitriles is 1. The summed E-state index contributed by atoms with van der Waals surface area (Å²) in [5.41, 5.74) is 2.79. The smallest absolute Gasteiger partial charge is 0.272 e. The van der Waals surface area contributed by atoms with E-state index >= 15 is 0 Å². The lowest BCUT2D eigenvalue weighted by atomic mass is 10.1. The number of hydrogen-bond acceptors (Lipinski definition) is 4. The van der Waals surface area contributed by atoms with Crippen molar-refractivity contribution in [3.63, 3.8) is 0 Å². The van der Waals surface area contributed by atoms with E-state index in [1.807, 2.05) is 6.07 Å². The predicted molar refractivity (Wildman–Crippen MR) is 104 cm³/mol. The lowest BCUT2D eigenvalue weighted by molar-refractivity contribution is 0.585. The molecular weight excluding hydrogens is 376 g/mol. The first-order valence-corrected chi connectivity index (χ1v) is 8.77. The van der Waals surface area contributed by atoms with Crippen molar-refractivity contribution in [2.45, 2.75) is 13.5 Å². The molecule has 0 bridgehead atoms. The number of anilines is 1. The van der Waals surface area contributed by atoms with Gasteiger partial charge < -0.3 is 5.32 Å². The number of H-pyrrole nitrogens is 1. The van der Waals surface area contributed by atoms with Gasteiger partial charge in [-0.2, -0.15) is 5.26 Å². The third kappa shape index (κ3) is 3.46. The Morgan fingerprint density at radius 3 is 2.62 bits per heavy atom. The molecule has 0 saturated heterocycles. The first-order chi connectivity index (χ1) is 14.0. The molecular formula is C21H15F2N5O. The Kier molecular flexibility index (Phi) is 4.56. The van der Waals surface area contributed by atoms with E-state index in [1.54, 1.807) is 31.2 Å². The van der Waals surface area contributed by atoms with Crippen molar-refractivity contribution in [1.29, 1.82) is 5.26 Å². The Balaban J connectivity index is 1.73. The Hall–Kier alpha value is -3.99. The number of nitrogens with zero attached hydrogens (tertiary/aromatic N) is 3. The summed E-state index contributed by atoms with van der Waals surface area (Å²) in [6.45, 7) is 1.95. The molecule has 8 heteroatoms. The van der Waals surface area contributed by atoms with Gasteiger partial charge in [-0.25, -0.2) is 18.3 Å². The van der Waals surface area contributed by atoms with Gasteiger partial charge in [0.2, 0.25) is 0 Å². The van der Waals surface area contributed by atoms with Crippen LogP contribution in [0.4, 0.5) is 14.5 Å². The zero-order chi connectivity index (χ0) is 20.5.